The average molecular weight is 199 g/mol. The summed E-state index contributed by atoms with van der Waals surface area (Å²) in [5, 5.41) is 9.03. The minimum Gasteiger partial charge on any atom is -0.396 e. The third-order valence-corrected chi connectivity index (χ3v) is 3.68. The lowest BCUT2D eigenvalue weighted by molar-refractivity contribution is 0.0412. The van der Waals surface area contributed by atoms with Gasteiger partial charge in [-0.1, -0.05) is 0 Å². The van der Waals surface area contributed by atoms with Crippen LogP contribution in [0.5, 0.6) is 0 Å². The second-order valence-corrected chi connectivity index (χ2v) is 5.97. The van der Waals surface area contributed by atoms with E-state index in [1.165, 1.54) is 13.0 Å². The van der Waals surface area contributed by atoms with E-state index >= 15 is 0 Å². The van der Waals surface area contributed by atoms with Crippen molar-refractivity contribution in [3.8, 4) is 0 Å². The van der Waals surface area contributed by atoms with E-state index < -0.39 is 0 Å². The number of rotatable bonds is 2. The Bertz CT molecular complexity index is 193. The van der Waals surface area contributed by atoms with E-state index in [-0.39, 0.29) is 11.1 Å². The van der Waals surface area contributed by atoms with E-state index in [1.807, 2.05) is 0 Å². The molecule has 1 unspecified atom stereocenters. The zero-order valence-electron chi connectivity index (χ0n) is 10.3. The van der Waals surface area contributed by atoms with Crippen molar-refractivity contribution < 1.29 is 5.11 Å². The van der Waals surface area contributed by atoms with Gasteiger partial charge in [-0.25, -0.2) is 0 Å². The molecule has 0 spiro atoms. The maximum atomic E-state index is 9.03. The van der Waals surface area contributed by atoms with Crippen molar-refractivity contribution in [3.63, 3.8) is 0 Å². The summed E-state index contributed by atoms with van der Waals surface area (Å²) in [7, 11) is 0. The number of hydrogen-bond acceptors (Lipinski definition) is 2. The molecule has 0 aromatic heterocycles. The van der Waals surface area contributed by atoms with Gasteiger partial charge in [0.1, 0.15) is 0 Å². The summed E-state index contributed by atoms with van der Waals surface area (Å²) < 4.78 is 0. The summed E-state index contributed by atoms with van der Waals surface area (Å²) >= 11 is 0. The molecule has 0 bridgehead atoms. The van der Waals surface area contributed by atoms with Gasteiger partial charge in [-0.05, 0) is 59.9 Å². The number of aliphatic hydroxyl groups is 1. The standard InChI is InChI=1S/C12H25NO/c1-11(2,3)13-8-6-10(7-9-14)12(13,4)5/h10,14H,6-9H2,1-5H3. The van der Waals surface area contributed by atoms with Gasteiger partial charge in [0.2, 0.25) is 0 Å². The molecular formula is C12H25NO. The number of hydrogen-bond donors (Lipinski definition) is 1. The maximum absolute atomic E-state index is 9.03. The van der Waals surface area contributed by atoms with E-state index in [9.17, 15) is 0 Å². The van der Waals surface area contributed by atoms with Crippen LogP contribution in [0.15, 0.2) is 0 Å². The molecule has 1 heterocycles. The van der Waals surface area contributed by atoms with Gasteiger partial charge in [0, 0.05) is 17.7 Å². The second kappa shape index (κ2) is 3.82. The summed E-state index contributed by atoms with van der Waals surface area (Å²) in [4.78, 5) is 2.57. The lowest BCUT2D eigenvalue weighted by Gasteiger charge is -2.44. The quantitative estimate of drug-likeness (QED) is 0.737. The SMILES string of the molecule is CC(C)(C)N1CCC(CCO)C1(C)C. The third-order valence-electron chi connectivity index (χ3n) is 3.68. The fourth-order valence-corrected chi connectivity index (χ4v) is 3.00. The molecule has 0 saturated carbocycles. The lowest BCUT2D eigenvalue weighted by atomic mass is 9.84. The van der Waals surface area contributed by atoms with Crippen molar-refractivity contribution in [2.24, 2.45) is 5.92 Å². The van der Waals surface area contributed by atoms with Crippen molar-refractivity contribution in [1.82, 2.24) is 4.90 Å². The number of nitrogens with zero attached hydrogens (tertiary/aromatic N) is 1. The largest absolute Gasteiger partial charge is 0.396 e. The Balaban J connectivity index is 2.76. The molecule has 1 saturated heterocycles. The molecule has 2 nitrogen and oxygen atoms in total. The molecule has 0 aliphatic carbocycles. The van der Waals surface area contributed by atoms with Crippen LogP contribution in [0.4, 0.5) is 0 Å². The van der Waals surface area contributed by atoms with Crippen LogP contribution in [0.3, 0.4) is 0 Å². The van der Waals surface area contributed by atoms with Gasteiger partial charge in [0.15, 0.2) is 0 Å². The van der Waals surface area contributed by atoms with Crippen LogP contribution in [0.25, 0.3) is 0 Å². The molecular weight excluding hydrogens is 174 g/mol. The van der Waals surface area contributed by atoms with E-state index in [0.29, 0.717) is 12.5 Å². The van der Waals surface area contributed by atoms with Crippen molar-refractivity contribution in [2.75, 3.05) is 13.2 Å². The molecule has 1 atom stereocenters. The zero-order chi connectivity index (χ0) is 11.0. The van der Waals surface area contributed by atoms with Crippen LogP contribution in [0.2, 0.25) is 0 Å². The van der Waals surface area contributed by atoms with Gasteiger partial charge in [0.05, 0.1) is 0 Å². The Labute approximate surface area is 88.3 Å². The Kier molecular flexibility index (Phi) is 3.27. The van der Waals surface area contributed by atoms with Crippen LogP contribution in [-0.2, 0) is 0 Å². The van der Waals surface area contributed by atoms with Gasteiger partial charge in [-0.15, -0.1) is 0 Å². The maximum Gasteiger partial charge on any atom is 0.0434 e. The molecule has 0 radical (unpaired) electrons. The third kappa shape index (κ3) is 2.12. The van der Waals surface area contributed by atoms with Crippen LogP contribution in [0, 0.1) is 5.92 Å². The molecule has 1 aliphatic heterocycles. The Morgan fingerprint density at radius 2 is 1.93 bits per heavy atom. The van der Waals surface area contributed by atoms with Gasteiger partial charge in [0.25, 0.3) is 0 Å². The molecule has 1 fully saturated rings. The first-order valence-electron chi connectivity index (χ1n) is 5.68. The second-order valence-electron chi connectivity index (χ2n) is 5.97. The number of likely N-dealkylation sites (tertiary alicyclic amines) is 1. The zero-order valence-corrected chi connectivity index (χ0v) is 10.3. The summed E-state index contributed by atoms with van der Waals surface area (Å²) in [5.74, 6) is 0.645. The first kappa shape index (κ1) is 12.0. The summed E-state index contributed by atoms with van der Waals surface area (Å²) in [6, 6.07) is 0. The highest BCUT2D eigenvalue weighted by Crippen LogP contribution is 2.40. The van der Waals surface area contributed by atoms with Crippen LogP contribution in [0.1, 0.15) is 47.5 Å². The minimum atomic E-state index is 0.237. The minimum absolute atomic E-state index is 0.237. The predicted octanol–water partition coefficient (Wildman–Crippen LogP) is 2.27. The van der Waals surface area contributed by atoms with E-state index in [2.05, 4.69) is 39.5 Å². The van der Waals surface area contributed by atoms with Gasteiger partial charge in [-0.3, -0.25) is 4.90 Å². The molecule has 1 aliphatic rings. The fourth-order valence-electron chi connectivity index (χ4n) is 3.00. The van der Waals surface area contributed by atoms with Crippen molar-refractivity contribution in [2.45, 2.75) is 58.5 Å². The smallest absolute Gasteiger partial charge is 0.0434 e. The fraction of sp³-hybridized carbons (Fsp3) is 1.00. The topological polar surface area (TPSA) is 23.5 Å². The molecule has 0 aromatic carbocycles. The normalized spacial score (nSPS) is 28.3. The monoisotopic (exact) mass is 199 g/mol. The van der Waals surface area contributed by atoms with Crippen LogP contribution >= 0.6 is 0 Å². The Morgan fingerprint density at radius 3 is 2.29 bits per heavy atom. The van der Waals surface area contributed by atoms with Crippen LogP contribution < -0.4 is 0 Å². The summed E-state index contributed by atoms with van der Waals surface area (Å²) in [6.45, 7) is 12.9. The molecule has 1 N–H and O–H groups in total. The molecule has 2 heteroatoms. The van der Waals surface area contributed by atoms with E-state index in [1.54, 1.807) is 0 Å². The average Bonchev–Trinajstić information content (AvgIpc) is 2.26. The first-order valence-corrected chi connectivity index (χ1v) is 5.68. The Morgan fingerprint density at radius 1 is 1.36 bits per heavy atom. The molecule has 14 heavy (non-hydrogen) atoms. The summed E-state index contributed by atoms with van der Waals surface area (Å²) in [6.07, 6.45) is 2.17. The van der Waals surface area contributed by atoms with Gasteiger partial charge >= 0.3 is 0 Å². The lowest BCUT2D eigenvalue weighted by Crippen LogP contribution is -2.52. The summed E-state index contributed by atoms with van der Waals surface area (Å²) in [5.41, 5.74) is 0.481. The highest BCUT2D eigenvalue weighted by atomic mass is 16.3. The van der Waals surface area contributed by atoms with Crippen LogP contribution in [-0.4, -0.2) is 34.2 Å². The molecule has 0 aromatic rings. The number of aliphatic hydroxyl groups excluding tert-OH is 1. The van der Waals surface area contributed by atoms with Gasteiger partial charge in [-0.2, -0.15) is 0 Å². The van der Waals surface area contributed by atoms with E-state index in [4.69, 9.17) is 5.11 Å². The van der Waals surface area contributed by atoms with E-state index in [0.717, 1.165) is 6.42 Å². The molecule has 1 rings (SSSR count). The highest BCUT2D eigenvalue weighted by Gasteiger charge is 2.44. The van der Waals surface area contributed by atoms with Gasteiger partial charge < -0.3 is 5.11 Å². The predicted molar refractivity (Wildman–Crippen MR) is 60.3 cm³/mol. The van der Waals surface area contributed by atoms with Crippen molar-refractivity contribution in [1.29, 1.82) is 0 Å². The highest BCUT2D eigenvalue weighted by molar-refractivity contribution is 4.99. The van der Waals surface area contributed by atoms with Crippen molar-refractivity contribution in [3.05, 3.63) is 0 Å². The first-order chi connectivity index (χ1) is 6.30. The van der Waals surface area contributed by atoms with Crippen molar-refractivity contribution >= 4 is 0 Å². The Hall–Kier alpha value is -0.0800. The molecule has 0 amide bonds. The molecule has 84 valence electrons.